The number of amides is 4. The van der Waals surface area contributed by atoms with Crippen molar-refractivity contribution in [3.05, 3.63) is 424 Å². The van der Waals surface area contributed by atoms with Gasteiger partial charge in [-0.2, -0.15) is 0 Å². The lowest BCUT2D eigenvalue weighted by atomic mass is 9.91. The predicted octanol–water partition coefficient (Wildman–Crippen LogP) is 22.8. The van der Waals surface area contributed by atoms with Gasteiger partial charge in [0.15, 0.2) is 58.2 Å². The van der Waals surface area contributed by atoms with Crippen molar-refractivity contribution in [1.82, 2.24) is 39.9 Å². The fourth-order valence-electron chi connectivity index (χ4n) is 16.3. The SMILES string of the molecule is O=C(Cc1c(F)c(F)c(F)c(F)c1F)Nc1nc2c(nc1/C=C/c1ccccc1)-c1ccc(O)cc1CC2.O=C(Cc1ccc(F)c(F)c1)Nc1nc2c(nc1/C=C/c1ccccc1)-c1ccc(O)cc1CC2.O=C(Cc1ccc(I)cc1)Nc1nc2c(nc1/C=C/c1ccccc1)-c1ccc(O)cc1CC2.O=C(Nc1nc2c(nc1/C=C/c1ccccc1)-c1ccc(O)cc1CC2)c1ccccc1. The molecule has 4 aliphatic rings. The van der Waals surface area contributed by atoms with Crippen LogP contribution in [0.4, 0.5) is 54.0 Å². The molecular weight excluding hydrogens is 1890 g/mol. The third kappa shape index (κ3) is 22.9. The second-order valence-electron chi connectivity index (χ2n) is 32.8. The number of nitrogens with one attached hydrogen (secondary N) is 4. The minimum absolute atomic E-state index is 0.0352. The number of fused-ring (bicyclic) bond motifs is 12. The fraction of sp³-hybridized carbons (Fsp3) is 0.0991. The van der Waals surface area contributed by atoms with Crippen LogP contribution < -0.4 is 21.3 Å². The molecule has 12 aromatic carbocycles. The van der Waals surface area contributed by atoms with Gasteiger partial charge in [0.05, 0.1) is 64.8 Å². The minimum Gasteiger partial charge on any atom is -0.508 e. The zero-order valence-corrected chi connectivity index (χ0v) is 76.0. The van der Waals surface area contributed by atoms with Gasteiger partial charge in [-0.1, -0.05) is 182 Å². The number of carbonyl (C=O) groups excluding carboxylic acids is 4. The summed E-state index contributed by atoms with van der Waals surface area (Å²) in [4.78, 5) is 89.4. The number of aromatic hydroxyl groups is 4. The molecule has 139 heavy (non-hydrogen) atoms. The van der Waals surface area contributed by atoms with E-state index in [9.17, 15) is 70.3 Å². The van der Waals surface area contributed by atoms with E-state index in [4.69, 9.17) is 29.9 Å². The Morgan fingerprint density at radius 1 is 0.288 bits per heavy atom. The first-order valence-electron chi connectivity index (χ1n) is 44.2. The third-order valence-electron chi connectivity index (χ3n) is 23.1. The van der Waals surface area contributed by atoms with Gasteiger partial charge in [-0.25, -0.2) is 70.6 Å². The monoisotopic (exact) mass is 1970 g/mol. The average molecular weight is 1970 g/mol. The van der Waals surface area contributed by atoms with Crippen molar-refractivity contribution in [2.45, 2.75) is 70.6 Å². The van der Waals surface area contributed by atoms with E-state index in [1.165, 1.54) is 12.1 Å². The van der Waals surface area contributed by atoms with Crippen LogP contribution in [0.2, 0.25) is 0 Å². The van der Waals surface area contributed by atoms with Crippen LogP contribution in [-0.4, -0.2) is 83.9 Å². The van der Waals surface area contributed by atoms with E-state index in [0.29, 0.717) is 101 Å². The number of benzene rings is 12. The van der Waals surface area contributed by atoms with Crippen molar-refractivity contribution in [1.29, 1.82) is 0 Å². The Morgan fingerprint density at radius 2 is 0.576 bits per heavy atom. The molecule has 8 N–H and O–H groups in total. The maximum atomic E-state index is 14.1. The fourth-order valence-corrected chi connectivity index (χ4v) is 16.6. The second kappa shape index (κ2) is 42.9. The Balaban J connectivity index is 0.000000128. The quantitative estimate of drug-likeness (QED) is 0.0161. The first kappa shape index (κ1) is 94.0. The van der Waals surface area contributed by atoms with Crippen LogP contribution in [0.5, 0.6) is 23.0 Å². The van der Waals surface area contributed by atoms with E-state index < -0.39 is 64.5 Å². The summed E-state index contributed by atoms with van der Waals surface area (Å²) in [5, 5.41) is 50.6. The zero-order valence-electron chi connectivity index (χ0n) is 73.8. The minimum atomic E-state index is -2.30. The smallest absolute Gasteiger partial charge is 0.256 e. The molecule has 20 nitrogen and oxygen atoms in total. The Hall–Kier alpha value is -16.8. The molecule has 0 saturated heterocycles. The van der Waals surface area contributed by atoms with Crippen molar-refractivity contribution < 1.29 is 70.3 Å². The van der Waals surface area contributed by atoms with Gasteiger partial charge in [0.25, 0.3) is 5.91 Å². The van der Waals surface area contributed by atoms with Crippen LogP contribution in [0, 0.1) is 44.3 Å². The standard InChI is InChI=1S/C28H18F5N3O2.C28H21F2N3O2.C28H22IN3O2.C27H21N3O2/c29-22-18(23(30)25(32)26(33)24(22)31)13-21(38)36-28-20(10-6-14-4-2-1-3-5-14)34-27-17-9-8-16(37)12-15(17)7-11-19(27)35-28;29-22-11-6-18(14-23(22)30)15-26(35)33-28-25(12-7-17-4-2-1-3-5-17)31-27-21-10-9-20(34)16-19(21)8-13-24(27)32-28;29-21-10-6-19(7-11-21)16-26(34)32-28-25(14-8-18-4-2-1-3-5-18)30-27-23-13-12-22(33)17-20(23)9-15-24(27)31-28;31-21-13-14-22-20(17-21)12-16-23-25(22)28-24(15-11-18-7-3-1-4-8-18)26(29-23)30-27(32)19-9-5-2-6-10-19/h1-6,8-10,12,37H,7,11,13H2,(H,35,36,38);1-7,9-12,14,16,34H,8,13,15H2,(H,32,33,35);1-8,10-14,17,33H,9,15-16H2,(H,31,32,34);1-11,13-15,17,31H,12,16H2,(H,29,30,32)/b10-6+;12-7+;14-8+;15-11+. The van der Waals surface area contributed by atoms with Gasteiger partial charge in [0, 0.05) is 37.0 Å². The van der Waals surface area contributed by atoms with E-state index in [2.05, 4.69) is 53.8 Å². The Labute approximate surface area is 806 Å². The molecular formula is C111H82F7IN12O8. The predicted molar refractivity (Wildman–Crippen MR) is 531 cm³/mol. The summed E-state index contributed by atoms with van der Waals surface area (Å²) in [7, 11) is 0. The average Bonchev–Trinajstić information content (AvgIpc) is 0.783. The maximum absolute atomic E-state index is 14.1. The molecule has 0 atom stereocenters. The molecule has 0 saturated carbocycles. The van der Waals surface area contributed by atoms with E-state index in [1.807, 2.05) is 212 Å². The summed E-state index contributed by atoms with van der Waals surface area (Å²) >= 11 is 2.25. The van der Waals surface area contributed by atoms with Gasteiger partial charge in [-0.05, 0) is 263 Å². The number of aromatic nitrogens is 8. The van der Waals surface area contributed by atoms with Crippen molar-refractivity contribution in [2.75, 3.05) is 21.3 Å². The number of carbonyl (C=O) groups is 4. The number of aryl methyl sites for hydroxylation is 8. The van der Waals surface area contributed by atoms with Gasteiger partial charge in [-0.3, -0.25) is 19.2 Å². The molecule has 4 aliphatic carbocycles. The van der Waals surface area contributed by atoms with Crippen LogP contribution in [0.1, 0.15) is 117 Å². The maximum Gasteiger partial charge on any atom is 0.256 e. The number of anilines is 4. The number of rotatable bonds is 19. The van der Waals surface area contributed by atoms with Gasteiger partial charge in [-0.15, -0.1) is 0 Å². The number of hydrogen-bond acceptors (Lipinski definition) is 16. The van der Waals surface area contributed by atoms with E-state index >= 15 is 0 Å². The van der Waals surface area contributed by atoms with Crippen molar-refractivity contribution in [2.24, 2.45) is 0 Å². The Kier molecular flexibility index (Phi) is 29.0. The molecule has 4 amide bonds. The van der Waals surface area contributed by atoms with Crippen LogP contribution in [0.25, 0.3) is 93.6 Å². The highest BCUT2D eigenvalue weighted by atomic mass is 127. The normalized spacial score (nSPS) is 12.3. The van der Waals surface area contributed by atoms with Crippen molar-refractivity contribution in [3.63, 3.8) is 0 Å². The van der Waals surface area contributed by atoms with Gasteiger partial charge in [0.2, 0.25) is 23.5 Å². The zero-order chi connectivity index (χ0) is 96.7. The third-order valence-corrected chi connectivity index (χ3v) is 23.8. The molecule has 0 fully saturated rings. The summed E-state index contributed by atoms with van der Waals surface area (Å²) in [5.74, 6) is -12.5. The lowest BCUT2D eigenvalue weighted by Crippen LogP contribution is -2.21. The van der Waals surface area contributed by atoms with Gasteiger partial charge < -0.3 is 41.7 Å². The lowest BCUT2D eigenvalue weighted by molar-refractivity contribution is -0.116. The van der Waals surface area contributed by atoms with Gasteiger partial charge in [0.1, 0.15) is 45.8 Å². The van der Waals surface area contributed by atoms with Gasteiger partial charge >= 0.3 is 0 Å². The Bertz CT molecular complexity index is 7510. The van der Waals surface area contributed by atoms with E-state index in [-0.39, 0.29) is 59.2 Å². The topological polar surface area (TPSA) is 300 Å². The number of halogens is 8. The summed E-state index contributed by atoms with van der Waals surface area (Å²) < 4.78 is 96.8. The molecule has 0 spiro atoms. The molecule has 0 radical (unpaired) electrons. The highest BCUT2D eigenvalue weighted by molar-refractivity contribution is 14.1. The summed E-state index contributed by atoms with van der Waals surface area (Å²) in [6.45, 7) is 0. The largest absolute Gasteiger partial charge is 0.508 e. The van der Waals surface area contributed by atoms with Crippen LogP contribution in [-0.2, 0) is 85.0 Å². The molecule has 690 valence electrons. The summed E-state index contributed by atoms with van der Waals surface area (Å²) in [5.41, 5.74) is 19.6. The summed E-state index contributed by atoms with van der Waals surface area (Å²) in [6.07, 6.45) is 18.8. The number of nitrogens with zero attached hydrogens (tertiary/aromatic N) is 8. The van der Waals surface area contributed by atoms with Crippen LogP contribution in [0.15, 0.2) is 267 Å². The first-order valence-corrected chi connectivity index (χ1v) is 45.3. The molecule has 28 heteroatoms. The molecule has 4 heterocycles. The highest BCUT2D eigenvalue weighted by Gasteiger charge is 2.31. The van der Waals surface area contributed by atoms with Crippen LogP contribution >= 0.6 is 22.6 Å². The highest BCUT2D eigenvalue weighted by Crippen LogP contribution is 2.41. The molecule has 0 unspecified atom stereocenters. The Morgan fingerprint density at radius 3 is 0.899 bits per heavy atom. The number of hydrogen-bond donors (Lipinski definition) is 8. The molecule has 4 aromatic heterocycles. The lowest BCUT2D eigenvalue weighted by Gasteiger charge is -2.20. The number of phenols is 4. The van der Waals surface area contributed by atoms with E-state index in [0.717, 1.165) is 129 Å². The van der Waals surface area contributed by atoms with Crippen LogP contribution in [0.3, 0.4) is 0 Å². The first-order chi connectivity index (χ1) is 67.4. The molecule has 20 rings (SSSR count). The van der Waals surface area contributed by atoms with Crippen molar-refractivity contribution in [3.8, 4) is 68.0 Å². The van der Waals surface area contributed by atoms with E-state index in [1.54, 1.807) is 78.9 Å². The number of phenolic OH excluding ortho intramolecular Hbond substituents is 4. The van der Waals surface area contributed by atoms with Crippen molar-refractivity contribution >= 4 is 118 Å². The molecule has 0 aliphatic heterocycles. The molecule has 16 aromatic rings. The molecule has 0 bridgehead atoms. The summed E-state index contributed by atoms with van der Waals surface area (Å²) in [6, 6.07) is 79.8. The second-order valence-corrected chi connectivity index (χ2v) is 34.0.